The van der Waals surface area contributed by atoms with E-state index in [0.717, 1.165) is 43.4 Å². The second-order valence-corrected chi connectivity index (χ2v) is 7.71. The summed E-state index contributed by atoms with van der Waals surface area (Å²) in [6.07, 6.45) is 4.97. The number of fused-ring (bicyclic) bond motifs is 3. The molecule has 1 saturated heterocycles. The van der Waals surface area contributed by atoms with E-state index in [9.17, 15) is 4.79 Å². The van der Waals surface area contributed by atoms with Crippen LogP contribution in [0, 0.1) is 5.41 Å². The highest BCUT2D eigenvalue weighted by Crippen LogP contribution is 2.59. The van der Waals surface area contributed by atoms with Crippen LogP contribution in [-0.4, -0.2) is 30.8 Å². The van der Waals surface area contributed by atoms with Gasteiger partial charge in [0.2, 0.25) is 0 Å². The van der Waals surface area contributed by atoms with E-state index in [1.807, 2.05) is 19.1 Å². The molecule has 0 radical (unpaired) electrons. The Morgan fingerprint density at radius 1 is 1.32 bits per heavy atom. The first-order valence-corrected chi connectivity index (χ1v) is 9.38. The van der Waals surface area contributed by atoms with Gasteiger partial charge in [0, 0.05) is 12.5 Å². The van der Waals surface area contributed by atoms with E-state index in [1.54, 1.807) is 7.11 Å². The van der Waals surface area contributed by atoms with E-state index < -0.39 is 5.54 Å². The van der Waals surface area contributed by atoms with E-state index in [1.165, 1.54) is 5.56 Å². The Morgan fingerprint density at radius 3 is 2.68 bits per heavy atom. The highest BCUT2D eigenvalue weighted by Gasteiger charge is 2.65. The molecule has 1 unspecified atom stereocenters. The highest BCUT2D eigenvalue weighted by atomic mass is 32.1. The first-order valence-electron chi connectivity index (χ1n) is 8.97. The molecule has 4 rings (SSSR count). The molecule has 0 aromatic heterocycles. The molecule has 0 bridgehead atoms. The van der Waals surface area contributed by atoms with Crippen LogP contribution in [0.25, 0.3) is 0 Å². The summed E-state index contributed by atoms with van der Waals surface area (Å²) in [7, 11) is 1.77. The van der Waals surface area contributed by atoms with Gasteiger partial charge in [-0.05, 0) is 74.5 Å². The van der Waals surface area contributed by atoms with Gasteiger partial charge in [0.1, 0.15) is 5.75 Å². The minimum atomic E-state index is -0.786. The maximum absolute atomic E-state index is 13.1. The van der Waals surface area contributed by atoms with Gasteiger partial charge < -0.3 is 20.1 Å². The summed E-state index contributed by atoms with van der Waals surface area (Å²) >= 11 is 5.32. The van der Waals surface area contributed by atoms with Crippen molar-refractivity contribution >= 4 is 23.2 Å². The molecule has 1 aromatic carbocycles. The van der Waals surface area contributed by atoms with Crippen molar-refractivity contribution in [3.05, 3.63) is 29.3 Å². The fourth-order valence-electron chi connectivity index (χ4n) is 5.05. The second-order valence-electron chi connectivity index (χ2n) is 7.30. The summed E-state index contributed by atoms with van der Waals surface area (Å²) in [5, 5.41) is 6.64. The quantitative estimate of drug-likeness (QED) is 0.811. The zero-order valence-corrected chi connectivity index (χ0v) is 15.5. The van der Waals surface area contributed by atoms with Crippen LogP contribution in [0.2, 0.25) is 0 Å². The van der Waals surface area contributed by atoms with E-state index in [4.69, 9.17) is 21.7 Å². The Balaban J connectivity index is 1.82. The summed E-state index contributed by atoms with van der Waals surface area (Å²) in [5.41, 5.74) is 1.28. The van der Waals surface area contributed by atoms with Crippen molar-refractivity contribution in [1.82, 2.24) is 10.6 Å². The van der Waals surface area contributed by atoms with Crippen LogP contribution in [0.15, 0.2) is 18.2 Å². The number of carbonyl (C=O) groups excluding carboxylic acids is 1. The van der Waals surface area contributed by atoms with Crippen molar-refractivity contribution in [3.8, 4) is 5.75 Å². The van der Waals surface area contributed by atoms with Crippen molar-refractivity contribution in [3.63, 3.8) is 0 Å². The van der Waals surface area contributed by atoms with Gasteiger partial charge in [0.05, 0.1) is 12.7 Å². The van der Waals surface area contributed by atoms with E-state index >= 15 is 0 Å². The Kier molecular flexibility index (Phi) is 4.00. The third-order valence-electron chi connectivity index (χ3n) is 6.21. The molecule has 2 fully saturated rings. The minimum absolute atomic E-state index is 0.0271. The predicted octanol–water partition coefficient (Wildman–Crippen LogP) is 2.42. The number of carbonyl (C=O) groups is 1. The standard InChI is InChI=1S/C19H24N2O3S/c1-3-24-14-5-4-12-11-18(8-6-13(23-2)7-9-18)19(15(12)10-14)16(22)20-17(25)21-19/h4-5,10,13H,3,6-9,11H2,1-2H3,(H2,20,21,22,25). The Hall–Kier alpha value is -1.66. The maximum Gasteiger partial charge on any atom is 0.257 e. The zero-order valence-electron chi connectivity index (χ0n) is 14.7. The van der Waals surface area contributed by atoms with Gasteiger partial charge >= 0.3 is 0 Å². The molecule has 3 aliphatic rings. The number of amides is 1. The summed E-state index contributed by atoms with van der Waals surface area (Å²) in [6, 6.07) is 6.13. The molecule has 1 saturated carbocycles. The van der Waals surface area contributed by atoms with Gasteiger partial charge in [0.25, 0.3) is 5.91 Å². The molecule has 6 heteroatoms. The fourth-order valence-corrected chi connectivity index (χ4v) is 5.29. The average Bonchev–Trinajstić information content (AvgIpc) is 3.05. The molecule has 25 heavy (non-hydrogen) atoms. The number of benzene rings is 1. The monoisotopic (exact) mass is 360 g/mol. The van der Waals surface area contributed by atoms with Gasteiger partial charge in [0.15, 0.2) is 10.7 Å². The van der Waals surface area contributed by atoms with Crippen LogP contribution in [-0.2, 0) is 21.5 Å². The number of ether oxygens (including phenoxy) is 2. The lowest BCUT2D eigenvalue weighted by atomic mass is 9.61. The lowest BCUT2D eigenvalue weighted by Crippen LogP contribution is -2.56. The van der Waals surface area contributed by atoms with Crippen LogP contribution < -0.4 is 15.4 Å². The van der Waals surface area contributed by atoms with Gasteiger partial charge in [-0.2, -0.15) is 0 Å². The predicted molar refractivity (Wildman–Crippen MR) is 98.6 cm³/mol. The molecule has 2 spiro atoms. The lowest BCUT2D eigenvalue weighted by Gasteiger charge is -2.46. The number of hydrogen-bond acceptors (Lipinski definition) is 4. The Morgan fingerprint density at radius 2 is 2.08 bits per heavy atom. The number of methoxy groups -OCH3 is 1. The molecule has 5 nitrogen and oxygen atoms in total. The molecule has 134 valence electrons. The molecule has 2 aliphatic carbocycles. The SMILES string of the molecule is CCOc1ccc2c(c1)C1(NC(=S)NC1=O)C1(CCC(OC)CC1)C2. The first kappa shape index (κ1) is 16.8. The normalized spacial score (nSPS) is 33.4. The van der Waals surface area contributed by atoms with E-state index in [0.29, 0.717) is 11.7 Å². The number of nitrogens with one attached hydrogen (secondary N) is 2. The highest BCUT2D eigenvalue weighted by molar-refractivity contribution is 7.80. The summed E-state index contributed by atoms with van der Waals surface area (Å²) in [6.45, 7) is 2.57. The second kappa shape index (κ2) is 5.95. The summed E-state index contributed by atoms with van der Waals surface area (Å²) in [5.74, 6) is 0.774. The third-order valence-corrected chi connectivity index (χ3v) is 6.42. The Labute approximate surface area is 153 Å². The van der Waals surface area contributed by atoms with Gasteiger partial charge in [-0.25, -0.2) is 0 Å². The minimum Gasteiger partial charge on any atom is -0.494 e. The van der Waals surface area contributed by atoms with Crippen LogP contribution in [0.1, 0.15) is 43.7 Å². The van der Waals surface area contributed by atoms with Crippen molar-refractivity contribution in [2.45, 2.75) is 50.7 Å². The fraction of sp³-hybridized carbons (Fsp3) is 0.579. The van der Waals surface area contributed by atoms with E-state index in [-0.39, 0.29) is 17.4 Å². The molecule has 1 amide bonds. The summed E-state index contributed by atoms with van der Waals surface area (Å²) in [4.78, 5) is 13.1. The zero-order chi connectivity index (χ0) is 17.7. The van der Waals surface area contributed by atoms with Gasteiger partial charge in [-0.3, -0.25) is 4.79 Å². The van der Waals surface area contributed by atoms with Gasteiger partial charge in [-0.1, -0.05) is 6.07 Å². The topological polar surface area (TPSA) is 59.6 Å². The molecule has 1 aliphatic heterocycles. The largest absolute Gasteiger partial charge is 0.494 e. The van der Waals surface area contributed by atoms with Crippen LogP contribution in [0.3, 0.4) is 0 Å². The van der Waals surface area contributed by atoms with Crippen LogP contribution >= 0.6 is 12.2 Å². The molecular formula is C19H24N2O3S. The molecule has 1 atom stereocenters. The van der Waals surface area contributed by atoms with Crippen molar-refractivity contribution in [1.29, 1.82) is 0 Å². The summed E-state index contributed by atoms with van der Waals surface area (Å²) < 4.78 is 11.2. The number of thiocarbonyl (C=S) groups is 1. The maximum atomic E-state index is 13.1. The lowest BCUT2D eigenvalue weighted by molar-refractivity contribution is -0.131. The van der Waals surface area contributed by atoms with E-state index in [2.05, 4.69) is 16.7 Å². The number of rotatable bonds is 3. The number of hydrogen-bond donors (Lipinski definition) is 2. The first-order chi connectivity index (χ1) is 12.0. The molecule has 2 N–H and O–H groups in total. The Bertz CT molecular complexity index is 727. The van der Waals surface area contributed by atoms with Crippen LogP contribution in [0.4, 0.5) is 0 Å². The van der Waals surface area contributed by atoms with Gasteiger partial charge in [-0.15, -0.1) is 0 Å². The smallest absolute Gasteiger partial charge is 0.257 e. The van der Waals surface area contributed by atoms with Crippen molar-refractivity contribution < 1.29 is 14.3 Å². The average molecular weight is 360 g/mol. The molecular weight excluding hydrogens is 336 g/mol. The third kappa shape index (κ3) is 2.30. The molecule has 1 aromatic rings. The van der Waals surface area contributed by atoms with Crippen LogP contribution in [0.5, 0.6) is 5.75 Å². The van der Waals surface area contributed by atoms with Crippen molar-refractivity contribution in [2.24, 2.45) is 5.41 Å². The van der Waals surface area contributed by atoms with Crippen molar-refractivity contribution in [2.75, 3.05) is 13.7 Å². The molecule has 1 heterocycles.